The second kappa shape index (κ2) is 8.10. The highest BCUT2D eigenvalue weighted by atomic mass is 35.5. The average Bonchev–Trinajstić information content (AvgIpc) is 3.35. The second-order valence-electron chi connectivity index (χ2n) is 6.36. The molecule has 0 bridgehead atoms. The van der Waals surface area contributed by atoms with E-state index in [1.54, 1.807) is 31.2 Å². The zero-order chi connectivity index (χ0) is 19.6. The van der Waals surface area contributed by atoms with E-state index in [1.165, 1.54) is 0 Å². The fraction of sp³-hybridized carbons (Fsp3) is 0.471. The van der Waals surface area contributed by atoms with Crippen molar-refractivity contribution >= 4 is 29.3 Å². The van der Waals surface area contributed by atoms with Gasteiger partial charge in [-0.15, -0.1) is 10.2 Å². The minimum atomic E-state index is -4.44. The number of rotatable bonds is 7. The van der Waals surface area contributed by atoms with Crippen molar-refractivity contribution in [2.24, 2.45) is 5.92 Å². The maximum absolute atomic E-state index is 12.8. The summed E-state index contributed by atoms with van der Waals surface area (Å²) < 4.78 is 44.0. The number of aromatic nitrogens is 2. The number of benzene rings is 1. The molecule has 2 aromatic rings. The van der Waals surface area contributed by atoms with Crippen LogP contribution in [0.5, 0.6) is 0 Å². The van der Waals surface area contributed by atoms with Gasteiger partial charge in [0.25, 0.3) is 5.22 Å². The SMILES string of the molecule is C[C@H](C1CC1)N(CC(F)(F)F)C(=O)CSc1nnc(-c2ccccc2Cl)o1. The highest BCUT2D eigenvalue weighted by molar-refractivity contribution is 7.99. The lowest BCUT2D eigenvalue weighted by Crippen LogP contribution is -2.46. The quantitative estimate of drug-likeness (QED) is 0.610. The maximum Gasteiger partial charge on any atom is 0.406 e. The summed E-state index contributed by atoms with van der Waals surface area (Å²) in [6.45, 7) is 0.410. The lowest BCUT2D eigenvalue weighted by molar-refractivity contribution is -0.164. The molecule has 0 N–H and O–H groups in total. The monoisotopic (exact) mass is 419 g/mol. The van der Waals surface area contributed by atoms with Crippen LogP contribution in [-0.4, -0.2) is 45.5 Å². The van der Waals surface area contributed by atoms with Gasteiger partial charge >= 0.3 is 6.18 Å². The summed E-state index contributed by atoms with van der Waals surface area (Å²) in [5, 5.41) is 8.24. The average molecular weight is 420 g/mol. The van der Waals surface area contributed by atoms with Crippen LogP contribution in [0.25, 0.3) is 11.5 Å². The molecule has 1 fully saturated rings. The maximum atomic E-state index is 12.8. The van der Waals surface area contributed by atoms with Crippen LogP contribution < -0.4 is 0 Å². The number of amides is 1. The largest absolute Gasteiger partial charge is 0.411 e. The molecule has 1 atom stereocenters. The van der Waals surface area contributed by atoms with Crippen LogP contribution in [0.1, 0.15) is 19.8 Å². The van der Waals surface area contributed by atoms with Gasteiger partial charge in [0.15, 0.2) is 0 Å². The van der Waals surface area contributed by atoms with Crippen molar-refractivity contribution in [3.63, 3.8) is 0 Å². The van der Waals surface area contributed by atoms with Gasteiger partial charge in [-0.25, -0.2) is 0 Å². The van der Waals surface area contributed by atoms with Crippen molar-refractivity contribution in [2.75, 3.05) is 12.3 Å². The molecule has 27 heavy (non-hydrogen) atoms. The third-order valence-electron chi connectivity index (χ3n) is 4.30. The summed E-state index contributed by atoms with van der Waals surface area (Å²) in [7, 11) is 0. The number of nitrogens with zero attached hydrogens (tertiary/aromatic N) is 3. The molecule has 1 aliphatic carbocycles. The van der Waals surface area contributed by atoms with E-state index in [2.05, 4.69) is 10.2 Å². The molecular weight excluding hydrogens is 403 g/mol. The molecule has 1 aromatic carbocycles. The zero-order valence-corrected chi connectivity index (χ0v) is 15.9. The van der Waals surface area contributed by atoms with E-state index in [9.17, 15) is 18.0 Å². The van der Waals surface area contributed by atoms with E-state index in [-0.39, 0.29) is 22.8 Å². The van der Waals surface area contributed by atoms with Gasteiger partial charge in [-0.1, -0.05) is 35.5 Å². The Kier molecular flexibility index (Phi) is 6.00. The molecule has 5 nitrogen and oxygen atoms in total. The summed E-state index contributed by atoms with van der Waals surface area (Å²) in [5.74, 6) is -0.489. The van der Waals surface area contributed by atoms with Gasteiger partial charge in [-0.3, -0.25) is 4.79 Å². The molecule has 0 spiro atoms. The number of alkyl halides is 3. The zero-order valence-electron chi connectivity index (χ0n) is 14.4. The van der Waals surface area contributed by atoms with Crippen molar-refractivity contribution in [1.29, 1.82) is 0 Å². The Morgan fingerprint density at radius 3 is 2.70 bits per heavy atom. The number of carbonyl (C=O) groups excluding carboxylic acids is 1. The van der Waals surface area contributed by atoms with Crippen LogP contribution >= 0.6 is 23.4 Å². The molecule has 0 saturated heterocycles. The Balaban J connectivity index is 1.64. The topological polar surface area (TPSA) is 59.2 Å². The summed E-state index contributed by atoms with van der Waals surface area (Å²) in [6, 6.07) is 6.45. The highest BCUT2D eigenvalue weighted by Gasteiger charge is 2.40. The normalized spacial score (nSPS) is 15.6. The lowest BCUT2D eigenvalue weighted by atomic mass is 10.2. The number of hydrogen-bond donors (Lipinski definition) is 0. The van der Waals surface area contributed by atoms with Crippen LogP contribution in [0.3, 0.4) is 0 Å². The Morgan fingerprint density at radius 1 is 1.37 bits per heavy atom. The first kappa shape index (κ1) is 20.0. The van der Waals surface area contributed by atoms with Gasteiger partial charge < -0.3 is 9.32 Å². The summed E-state index contributed by atoms with van der Waals surface area (Å²) >= 11 is 6.98. The number of thioether (sulfide) groups is 1. The Bertz CT molecular complexity index is 811. The summed E-state index contributed by atoms with van der Waals surface area (Å²) in [4.78, 5) is 13.3. The number of carbonyl (C=O) groups is 1. The predicted molar refractivity (Wildman–Crippen MR) is 95.4 cm³/mol. The van der Waals surface area contributed by atoms with E-state index in [0.717, 1.165) is 29.5 Å². The standard InChI is InChI=1S/C17H17ClF3N3O2S/c1-10(11-6-7-11)24(9-17(19,20)21)14(25)8-27-16-23-22-15(26-16)12-4-2-3-5-13(12)18/h2-5,10-11H,6-9H2,1H3/t10-/m1/s1. The molecule has 1 heterocycles. The third kappa shape index (κ3) is 5.38. The minimum Gasteiger partial charge on any atom is -0.411 e. The van der Waals surface area contributed by atoms with Gasteiger partial charge in [-0.05, 0) is 37.8 Å². The van der Waals surface area contributed by atoms with E-state index < -0.39 is 24.7 Å². The first-order valence-corrected chi connectivity index (χ1v) is 9.68. The van der Waals surface area contributed by atoms with E-state index in [0.29, 0.717) is 10.6 Å². The van der Waals surface area contributed by atoms with Crippen LogP contribution in [0.15, 0.2) is 33.9 Å². The van der Waals surface area contributed by atoms with Crippen molar-refractivity contribution < 1.29 is 22.4 Å². The number of halogens is 4. The fourth-order valence-corrected chi connectivity index (χ4v) is 3.57. The van der Waals surface area contributed by atoms with Crippen LogP contribution in [-0.2, 0) is 4.79 Å². The number of hydrogen-bond acceptors (Lipinski definition) is 5. The Hall–Kier alpha value is -1.74. The van der Waals surface area contributed by atoms with Crippen molar-refractivity contribution in [3.8, 4) is 11.5 Å². The van der Waals surface area contributed by atoms with Crippen molar-refractivity contribution in [1.82, 2.24) is 15.1 Å². The van der Waals surface area contributed by atoms with Crippen LogP contribution in [0.2, 0.25) is 5.02 Å². The lowest BCUT2D eigenvalue weighted by Gasteiger charge is -2.30. The van der Waals surface area contributed by atoms with Gasteiger partial charge in [-0.2, -0.15) is 13.2 Å². The van der Waals surface area contributed by atoms with Crippen LogP contribution in [0.4, 0.5) is 13.2 Å². The van der Waals surface area contributed by atoms with Gasteiger partial charge in [0.1, 0.15) is 6.54 Å². The molecule has 0 unspecified atom stereocenters. The smallest absolute Gasteiger partial charge is 0.406 e. The molecule has 1 amide bonds. The van der Waals surface area contributed by atoms with E-state index in [1.807, 2.05) is 0 Å². The van der Waals surface area contributed by atoms with Crippen molar-refractivity contribution in [3.05, 3.63) is 29.3 Å². The summed E-state index contributed by atoms with van der Waals surface area (Å²) in [5.41, 5.74) is 0.547. The van der Waals surface area contributed by atoms with Crippen LogP contribution in [0, 0.1) is 5.92 Å². The summed E-state index contributed by atoms with van der Waals surface area (Å²) in [6.07, 6.45) is -2.74. The minimum absolute atomic E-state index is 0.101. The molecule has 1 aromatic heterocycles. The van der Waals surface area contributed by atoms with Gasteiger partial charge in [0, 0.05) is 6.04 Å². The first-order chi connectivity index (χ1) is 12.7. The predicted octanol–water partition coefficient (Wildman–Crippen LogP) is 4.67. The molecule has 1 aliphatic rings. The van der Waals surface area contributed by atoms with E-state index >= 15 is 0 Å². The van der Waals surface area contributed by atoms with Gasteiger partial charge in [0.05, 0.1) is 16.3 Å². The Labute approximate surface area is 163 Å². The fourth-order valence-electron chi connectivity index (χ4n) is 2.70. The first-order valence-electron chi connectivity index (χ1n) is 8.32. The molecule has 1 saturated carbocycles. The second-order valence-corrected chi connectivity index (χ2v) is 7.69. The highest BCUT2D eigenvalue weighted by Crippen LogP contribution is 2.36. The third-order valence-corrected chi connectivity index (χ3v) is 5.43. The van der Waals surface area contributed by atoms with Crippen molar-refractivity contribution in [2.45, 2.75) is 37.2 Å². The molecule has 0 aliphatic heterocycles. The Morgan fingerprint density at radius 2 is 2.07 bits per heavy atom. The molecular formula is C17H17ClF3N3O2S. The van der Waals surface area contributed by atoms with Gasteiger partial charge in [0.2, 0.25) is 11.8 Å². The molecule has 3 rings (SSSR count). The molecule has 0 radical (unpaired) electrons. The molecule has 10 heteroatoms. The molecule has 146 valence electrons. The van der Waals surface area contributed by atoms with E-state index in [4.69, 9.17) is 16.0 Å².